The zero-order valence-corrected chi connectivity index (χ0v) is 23.6. The van der Waals surface area contributed by atoms with Crippen LogP contribution in [0.3, 0.4) is 0 Å². The van der Waals surface area contributed by atoms with Crippen LogP contribution in [0.25, 0.3) is 0 Å². The first-order chi connectivity index (χ1) is 17.3. The van der Waals surface area contributed by atoms with Gasteiger partial charge in [0.05, 0.1) is 16.7 Å². The Hall–Kier alpha value is -2.05. The Labute approximate surface area is 234 Å². The van der Waals surface area contributed by atoms with Crippen molar-refractivity contribution in [3.8, 4) is 5.75 Å². The molecular formula is C23H19Cl4NO7S2. The van der Waals surface area contributed by atoms with Gasteiger partial charge in [0, 0.05) is 10.0 Å². The molecule has 3 aromatic rings. The fourth-order valence-electron chi connectivity index (χ4n) is 3.11. The fourth-order valence-corrected chi connectivity index (χ4v) is 6.72. The first kappa shape index (κ1) is 29.5. The number of carbonyl (C=O) groups is 1. The minimum Gasteiger partial charge on any atom is -0.465 e. The van der Waals surface area contributed by atoms with Crippen molar-refractivity contribution < 1.29 is 30.6 Å². The molecule has 37 heavy (non-hydrogen) atoms. The van der Waals surface area contributed by atoms with Crippen LogP contribution in [0, 0.1) is 0 Å². The smallest absolute Gasteiger partial charge is 0.340 e. The summed E-state index contributed by atoms with van der Waals surface area (Å²) in [5, 5.41) is 0.155. The number of rotatable bonds is 10. The van der Waals surface area contributed by atoms with Crippen LogP contribution in [-0.2, 0) is 36.1 Å². The highest BCUT2D eigenvalue weighted by Gasteiger charge is 2.29. The van der Waals surface area contributed by atoms with E-state index in [2.05, 4.69) is 4.72 Å². The topological polar surface area (TPSA) is 116 Å². The lowest BCUT2D eigenvalue weighted by Crippen LogP contribution is -2.43. The van der Waals surface area contributed by atoms with Crippen molar-refractivity contribution in [2.45, 2.75) is 29.2 Å². The molecule has 0 spiro atoms. The summed E-state index contributed by atoms with van der Waals surface area (Å²) in [5.74, 6) is -0.860. The second kappa shape index (κ2) is 12.2. The third-order valence-electron chi connectivity index (χ3n) is 4.78. The molecule has 3 rings (SSSR count). The predicted octanol–water partition coefficient (Wildman–Crippen LogP) is 5.52. The first-order valence-electron chi connectivity index (χ1n) is 10.4. The fraction of sp³-hybridized carbons (Fsp3) is 0.174. The van der Waals surface area contributed by atoms with Crippen molar-refractivity contribution in [3.63, 3.8) is 0 Å². The van der Waals surface area contributed by atoms with E-state index in [1.807, 2.05) is 0 Å². The molecule has 0 radical (unpaired) electrons. The summed E-state index contributed by atoms with van der Waals surface area (Å²) >= 11 is 23.8. The van der Waals surface area contributed by atoms with Gasteiger partial charge in [0.15, 0.2) is 0 Å². The molecule has 0 saturated carbocycles. The highest BCUT2D eigenvalue weighted by atomic mass is 35.5. The molecule has 3 aromatic carbocycles. The molecule has 0 bridgehead atoms. The van der Waals surface area contributed by atoms with E-state index in [0.717, 1.165) is 12.1 Å². The van der Waals surface area contributed by atoms with Crippen LogP contribution >= 0.6 is 46.4 Å². The number of hydrogen-bond donors (Lipinski definition) is 1. The van der Waals surface area contributed by atoms with Crippen molar-refractivity contribution in [1.29, 1.82) is 0 Å². The van der Waals surface area contributed by atoms with Crippen LogP contribution in [0.5, 0.6) is 5.75 Å². The summed E-state index contributed by atoms with van der Waals surface area (Å²) in [5.41, 5.74) is 0.475. The molecule has 0 aliphatic heterocycles. The van der Waals surface area contributed by atoms with E-state index in [0.29, 0.717) is 5.56 Å². The van der Waals surface area contributed by atoms with Crippen molar-refractivity contribution in [3.05, 3.63) is 86.3 Å². The zero-order chi connectivity index (χ0) is 27.4. The molecule has 8 nitrogen and oxygen atoms in total. The second-order valence-corrected chi connectivity index (χ2v) is 12.3. The van der Waals surface area contributed by atoms with Crippen LogP contribution in [0.15, 0.2) is 70.5 Å². The Balaban J connectivity index is 1.82. The number of hydrogen-bond acceptors (Lipinski definition) is 7. The maximum absolute atomic E-state index is 12.9. The monoisotopic (exact) mass is 625 g/mol. The molecule has 1 N–H and O–H groups in total. The molecule has 0 aromatic heterocycles. The number of nitrogens with one attached hydrogen (secondary N) is 1. The molecule has 0 fully saturated rings. The van der Waals surface area contributed by atoms with E-state index < -0.39 is 32.2 Å². The number of ether oxygens (including phenoxy) is 1. The SMILES string of the molecule is CCOC(=O)[C@H](Cc1ccc(OS(=O)(=O)c2cc(Cl)ccc2Cl)cc1)NS(=O)(=O)c1cc(Cl)ccc1Cl. The minimum atomic E-state index is -4.29. The van der Waals surface area contributed by atoms with E-state index in [1.165, 1.54) is 48.5 Å². The van der Waals surface area contributed by atoms with Gasteiger partial charge in [-0.25, -0.2) is 8.42 Å². The predicted molar refractivity (Wildman–Crippen MR) is 142 cm³/mol. The Morgan fingerprint density at radius 2 is 1.38 bits per heavy atom. The summed E-state index contributed by atoms with van der Waals surface area (Å²) in [6.45, 7) is 1.60. The Kier molecular flexibility index (Phi) is 9.73. The quantitative estimate of drug-likeness (QED) is 0.233. The molecule has 0 unspecified atom stereocenters. The molecule has 0 aliphatic rings. The van der Waals surface area contributed by atoms with Crippen molar-refractivity contribution in [2.24, 2.45) is 0 Å². The van der Waals surface area contributed by atoms with E-state index in [4.69, 9.17) is 55.3 Å². The van der Waals surface area contributed by atoms with E-state index in [-0.39, 0.29) is 48.7 Å². The van der Waals surface area contributed by atoms with Gasteiger partial charge in [0.25, 0.3) is 0 Å². The van der Waals surface area contributed by atoms with Crippen LogP contribution in [0.1, 0.15) is 12.5 Å². The van der Waals surface area contributed by atoms with Crippen LogP contribution in [0.2, 0.25) is 20.1 Å². The lowest BCUT2D eigenvalue weighted by Gasteiger charge is -2.18. The summed E-state index contributed by atoms with van der Waals surface area (Å²) in [4.78, 5) is 11.9. The average Bonchev–Trinajstić information content (AvgIpc) is 2.82. The van der Waals surface area contributed by atoms with Crippen molar-refractivity contribution in [2.75, 3.05) is 6.61 Å². The Morgan fingerprint density at radius 3 is 1.95 bits per heavy atom. The average molecular weight is 627 g/mol. The summed E-state index contributed by atoms with van der Waals surface area (Å²) in [6.07, 6.45) is -0.122. The molecule has 0 aliphatic carbocycles. The minimum absolute atomic E-state index is 0.0195. The Morgan fingerprint density at radius 1 is 0.838 bits per heavy atom. The zero-order valence-electron chi connectivity index (χ0n) is 19.0. The third-order valence-corrected chi connectivity index (χ3v) is 8.94. The Bertz CT molecular complexity index is 1510. The molecule has 0 saturated heterocycles. The normalized spacial score (nSPS) is 12.7. The van der Waals surface area contributed by atoms with Gasteiger partial charge in [-0.1, -0.05) is 58.5 Å². The first-order valence-corrected chi connectivity index (χ1v) is 14.8. The van der Waals surface area contributed by atoms with Gasteiger partial charge >= 0.3 is 16.1 Å². The van der Waals surface area contributed by atoms with Crippen molar-refractivity contribution in [1.82, 2.24) is 4.72 Å². The summed E-state index contributed by atoms with van der Waals surface area (Å²) in [6, 6.07) is 12.1. The van der Waals surface area contributed by atoms with Gasteiger partial charge < -0.3 is 8.92 Å². The van der Waals surface area contributed by atoms with E-state index in [1.54, 1.807) is 6.92 Å². The van der Waals surface area contributed by atoms with E-state index >= 15 is 0 Å². The maximum atomic E-state index is 12.9. The van der Waals surface area contributed by atoms with Crippen LogP contribution < -0.4 is 8.91 Å². The van der Waals surface area contributed by atoms with Gasteiger partial charge in [0.1, 0.15) is 21.6 Å². The van der Waals surface area contributed by atoms with Gasteiger partial charge in [-0.15, -0.1) is 0 Å². The number of esters is 1. The number of benzene rings is 3. The lowest BCUT2D eigenvalue weighted by atomic mass is 10.1. The van der Waals surface area contributed by atoms with Crippen molar-refractivity contribution >= 4 is 72.5 Å². The number of halogens is 4. The van der Waals surface area contributed by atoms with Gasteiger partial charge in [-0.3, -0.25) is 4.79 Å². The molecular weight excluding hydrogens is 608 g/mol. The highest BCUT2D eigenvalue weighted by Crippen LogP contribution is 2.28. The molecule has 0 amide bonds. The third kappa shape index (κ3) is 7.73. The van der Waals surface area contributed by atoms with Gasteiger partial charge in [0.2, 0.25) is 10.0 Å². The number of carbonyl (C=O) groups excluding carboxylic acids is 1. The summed E-state index contributed by atoms with van der Waals surface area (Å²) in [7, 11) is -8.55. The largest absolute Gasteiger partial charge is 0.465 e. The van der Waals surface area contributed by atoms with Crippen LogP contribution in [-0.4, -0.2) is 35.5 Å². The molecule has 14 heteroatoms. The number of sulfonamides is 1. The molecule has 1 atom stereocenters. The summed E-state index contributed by atoms with van der Waals surface area (Å²) < 4.78 is 63.6. The standard InChI is InChI=1S/C23H19Cl4NO7S2/c1-2-34-23(29)20(28-36(30,31)21-12-15(24)5-9-18(21)26)11-14-3-7-17(8-4-14)35-37(32,33)22-13-16(25)6-10-19(22)27/h3-10,12-13,20,28H,2,11H2,1H3/t20-/m0/s1. The second-order valence-electron chi connectivity index (χ2n) is 7.46. The van der Waals surface area contributed by atoms with E-state index in [9.17, 15) is 21.6 Å². The van der Waals surface area contributed by atoms with Crippen LogP contribution in [0.4, 0.5) is 0 Å². The highest BCUT2D eigenvalue weighted by molar-refractivity contribution is 7.89. The molecule has 0 heterocycles. The van der Waals surface area contributed by atoms with Gasteiger partial charge in [-0.05, 0) is 67.4 Å². The van der Waals surface area contributed by atoms with Gasteiger partial charge in [-0.2, -0.15) is 13.1 Å². The maximum Gasteiger partial charge on any atom is 0.340 e. The lowest BCUT2D eigenvalue weighted by molar-refractivity contribution is -0.145. The molecule has 198 valence electrons.